The minimum atomic E-state index is -0.839. The molecule has 0 atom stereocenters. The Labute approximate surface area is 112 Å². The molecule has 100 valence electrons. The minimum Gasteiger partial charge on any atom is -0.508 e. The van der Waals surface area contributed by atoms with Crippen molar-refractivity contribution < 1.29 is 19.0 Å². The van der Waals surface area contributed by atoms with Crippen molar-refractivity contribution in [3.63, 3.8) is 0 Å². The lowest BCUT2D eigenvalue weighted by Crippen LogP contribution is -2.06. The first kappa shape index (κ1) is 12.2. The first-order valence-electron chi connectivity index (χ1n) is 5.79. The second kappa shape index (κ2) is 4.38. The number of phenols is 2. The summed E-state index contributed by atoms with van der Waals surface area (Å²) in [5, 5.41) is 18.3. The van der Waals surface area contributed by atoms with E-state index in [0.29, 0.717) is 5.56 Å². The van der Waals surface area contributed by atoms with E-state index in [2.05, 4.69) is 0 Å². The molecule has 3 aromatic rings. The molecule has 5 heteroatoms. The first-order chi connectivity index (χ1) is 9.56. The quantitative estimate of drug-likeness (QED) is 0.714. The maximum Gasteiger partial charge on any atom is 0.203 e. The Bertz CT molecular complexity index is 850. The number of phenolic OH excluding ortho intramolecular Hbond substituents is 2. The van der Waals surface area contributed by atoms with E-state index in [-0.39, 0.29) is 28.0 Å². The molecule has 3 rings (SSSR count). The van der Waals surface area contributed by atoms with Crippen molar-refractivity contribution in [1.29, 1.82) is 0 Å². The normalized spacial score (nSPS) is 10.8. The van der Waals surface area contributed by atoms with Gasteiger partial charge in [-0.2, -0.15) is 0 Å². The lowest BCUT2D eigenvalue weighted by atomic mass is 10.1. The second-order valence-electron chi connectivity index (χ2n) is 4.33. The predicted molar refractivity (Wildman–Crippen MR) is 71.2 cm³/mol. The maximum absolute atomic E-state index is 13.8. The lowest BCUT2D eigenvalue weighted by Gasteiger charge is -2.04. The van der Waals surface area contributed by atoms with Gasteiger partial charge in [-0.15, -0.1) is 0 Å². The Hall–Kier alpha value is -2.82. The summed E-state index contributed by atoms with van der Waals surface area (Å²) in [6.45, 7) is 0. The SMILES string of the molecule is O=c1c(-c2ccc(O)cc2)coc2cc(O)cc(F)c12. The Morgan fingerprint density at radius 3 is 2.40 bits per heavy atom. The molecule has 0 saturated heterocycles. The van der Waals surface area contributed by atoms with Gasteiger partial charge < -0.3 is 14.6 Å². The summed E-state index contributed by atoms with van der Waals surface area (Å²) in [5.74, 6) is -1.08. The average molecular weight is 272 g/mol. The fourth-order valence-corrected chi connectivity index (χ4v) is 2.03. The number of aromatic hydroxyl groups is 2. The highest BCUT2D eigenvalue weighted by molar-refractivity contribution is 5.83. The van der Waals surface area contributed by atoms with Gasteiger partial charge in [0.15, 0.2) is 0 Å². The molecule has 4 nitrogen and oxygen atoms in total. The Morgan fingerprint density at radius 1 is 1.00 bits per heavy atom. The molecule has 0 unspecified atom stereocenters. The number of halogens is 1. The molecular formula is C15H9FO4. The van der Waals surface area contributed by atoms with E-state index in [1.54, 1.807) is 0 Å². The molecule has 0 radical (unpaired) electrons. The van der Waals surface area contributed by atoms with Gasteiger partial charge in [0, 0.05) is 12.1 Å². The molecule has 0 aliphatic heterocycles. The first-order valence-corrected chi connectivity index (χ1v) is 5.79. The minimum absolute atomic E-state index is 0.0185. The van der Waals surface area contributed by atoms with Gasteiger partial charge in [-0.3, -0.25) is 4.79 Å². The van der Waals surface area contributed by atoms with Crippen LogP contribution < -0.4 is 5.43 Å². The summed E-state index contributed by atoms with van der Waals surface area (Å²) < 4.78 is 19.0. The van der Waals surface area contributed by atoms with Crippen LogP contribution in [-0.2, 0) is 0 Å². The van der Waals surface area contributed by atoms with E-state index in [4.69, 9.17) is 4.42 Å². The summed E-state index contributed by atoms with van der Waals surface area (Å²) in [4.78, 5) is 12.3. The molecule has 1 aromatic heterocycles. The molecule has 0 spiro atoms. The van der Waals surface area contributed by atoms with Gasteiger partial charge in [0.2, 0.25) is 5.43 Å². The molecule has 0 amide bonds. The zero-order valence-electron chi connectivity index (χ0n) is 10.1. The summed E-state index contributed by atoms with van der Waals surface area (Å²) in [7, 11) is 0. The third kappa shape index (κ3) is 1.89. The van der Waals surface area contributed by atoms with Gasteiger partial charge in [-0.05, 0) is 17.7 Å². The summed E-state index contributed by atoms with van der Waals surface area (Å²) in [5.41, 5.74) is 0.137. The molecule has 2 aromatic carbocycles. The van der Waals surface area contributed by atoms with Crippen molar-refractivity contribution in [3.05, 3.63) is 58.7 Å². The zero-order valence-corrected chi connectivity index (χ0v) is 10.1. The Balaban J connectivity index is 2.31. The van der Waals surface area contributed by atoms with Gasteiger partial charge in [-0.1, -0.05) is 12.1 Å². The molecule has 0 bridgehead atoms. The third-order valence-corrected chi connectivity index (χ3v) is 2.99. The Morgan fingerprint density at radius 2 is 1.70 bits per heavy atom. The van der Waals surface area contributed by atoms with Crippen molar-refractivity contribution >= 4 is 11.0 Å². The average Bonchev–Trinajstić information content (AvgIpc) is 2.39. The summed E-state index contributed by atoms with van der Waals surface area (Å²) >= 11 is 0. The van der Waals surface area contributed by atoms with Crippen LogP contribution in [0.25, 0.3) is 22.1 Å². The van der Waals surface area contributed by atoms with Crippen LogP contribution >= 0.6 is 0 Å². The van der Waals surface area contributed by atoms with Crippen molar-refractivity contribution in [2.45, 2.75) is 0 Å². The van der Waals surface area contributed by atoms with Crippen molar-refractivity contribution in [1.82, 2.24) is 0 Å². The second-order valence-corrected chi connectivity index (χ2v) is 4.33. The summed E-state index contributed by atoms with van der Waals surface area (Å²) in [6, 6.07) is 7.95. The zero-order chi connectivity index (χ0) is 14.3. The van der Waals surface area contributed by atoms with Crippen molar-refractivity contribution in [2.75, 3.05) is 0 Å². The molecule has 0 saturated carbocycles. The monoisotopic (exact) mass is 272 g/mol. The van der Waals surface area contributed by atoms with Crippen molar-refractivity contribution in [2.24, 2.45) is 0 Å². The highest BCUT2D eigenvalue weighted by atomic mass is 19.1. The fraction of sp³-hybridized carbons (Fsp3) is 0. The van der Waals surface area contributed by atoms with Gasteiger partial charge in [0.05, 0.1) is 5.56 Å². The molecule has 0 aliphatic rings. The highest BCUT2D eigenvalue weighted by Crippen LogP contribution is 2.25. The molecule has 20 heavy (non-hydrogen) atoms. The number of rotatable bonds is 1. The number of fused-ring (bicyclic) bond motifs is 1. The number of hydrogen-bond donors (Lipinski definition) is 2. The van der Waals surface area contributed by atoms with E-state index < -0.39 is 11.2 Å². The number of benzene rings is 2. The van der Waals surface area contributed by atoms with Crippen LogP contribution in [0.15, 0.2) is 51.9 Å². The van der Waals surface area contributed by atoms with Crippen LogP contribution in [-0.4, -0.2) is 10.2 Å². The van der Waals surface area contributed by atoms with Crippen molar-refractivity contribution in [3.8, 4) is 22.6 Å². The maximum atomic E-state index is 13.8. The predicted octanol–water partition coefficient (Wildman–Crippen LogP) is 3.01. The van der Waals surface area contributed by atoms with Gasteiger partial charge in [0.25, 0.3) is 0 Å². The highest BCUT2D eigenvalue weighted by Gasteiger charge is 2.14. The molecule has 1 heterocycles. The molecule has 0 fully saturated rings. The molecule has 2 N–H and O–H groups in total. The van der Waals surface area contributed by atoms with E-state index in [1.807, 2.05) is 0 Å². The van der Waals surface area contributed by atoms with Crippen LogP contribution in [0, 0.1) is 5.82 Å². The lowest BCUT2D eigenvalue weighted by molar-refractivity contribution is 0.468. The standard InChI is InChI=1S/C15H9FO4/c16-12-5-10(18)6-13-14(12)15(19)11(7-20-13)8-1-3-9(17)4-2-8/h1-7,17-18H. The largest absolute Gasteiger partial charge is 0.508 e. The van der Waals surface area contributed by atoms with E-state index in [1.165, 1.54) is 36.6 Å². The van der Waals surface area contributed by atoms with Crippen LogP contribution in [0.1, 0.15) is 0 Å². The molecule has 0 aliphatic carbocycles. The molecular weight excluding hydrogens is 263 g/mol. The fourth-order valence-electron chi connectivity index (χ4n) is 2.03. The van der Waals surface area contributed by atoms with Gasteiger partial charge >= 0.3 is 0 Å². The van der Waals surface area contributed by atoms with Crippen LogP contribution in [0.4, 0.5) is 4.39 Å². The topological polar surface area (TPSA) is 70.7 Å². The Kier molecular flexibility index (Phi) is 2.68. The van der Waals surface area contributed by atoms with Crippen LogP contribution in [0.2, 0.25) is 0 Å². The van der Waals surface area contributed by atoms with Gasteiger partial charge in [0.1, 0.15) is 34.5 Å². The third-order valence-electron chi connectivity index (χ3n) is 2.99. The van der Waals surface area contributed by atoms with Crippen LogP contribution in [0.5, 0.6) is 11.5 Å². The number of hydrogen-bond acceptors (Lipinski definition) is 4. The summed E-state index contributed by atoms with van der Waals surface area (Å²) in [6.07, 6.45) is 1.20. The van der Waals surface area contributed by atoms with Crippen LogP contribution in [0.3, 0.4) is 0 Å². The van der Waals surface area contributed by atoms with E-state index in [0.717, 1.165) is 6.07 Å². The van der Waals surface area contributed by atoms with Gasteiger partial charge in [-0.25, -0.2) is 4.39 Å². The van der Waals surface area contributed by atoms with E-state index in [9.17, 15) is 19.4 Å². The smallest absolute Gasteiger partial charge is 0.203 e. The van der Waals surface area contributed by atoms with E-state index >= 15 is 0 Å².